The lowest BCUT2D eigenvalue weighted by atomic mass is 9.98. The van der Waals surface area contributed by atoms with Crippen LogP contribution in [0.15, 0.2) is 23.1 Å². The molecule has 0 aromatic heterocycles. The molecule has 2 N–H and O–H groups in total. The van der Waals surface area contributed by atoms with Crippen molar-refractivity contribution in [3.8, 4) is 11.8 Å². The van der Waals surface area contributed by atoms with Gasteiger partial charge in [-0.15, -0.1) is 0 Å². The number of rotatable bonds is 3. The van der Waals surface area contributed by atoms with E-state index in [1.54, 1.807) is 0 Å². The van der Waals surface area contributed by atoms with Gasteiger partial charge in [0.05, 0.1) is 4.90 Å². The Morgan fingerprint density at radius 3 is 2.55 bits per heavy atom. The molecule has 0 fully saturated rings. The molecule has 0 aliphatic carbocycles. The molecule has 0 aliphatic rings. The van der Waals surface area contributed by atoms with E-state index in [4.69, 9.17) is 5.11 Å². The maximum absolute atomic E-state index is 13.2. The quantitative estimate of drug-likeness (QED) is 0.831. The Hall–Kier alpha value is -1.42. The summed E-state index contributed by atoms with van der Waals surface area (Å²) in [7, 11) is -3.77. The molecule has 0 aliphatic heterocycles. The summed E-state index contributed by atoms with van der Waals surface area (Å²) in [5.41, 5.74) is -0.190. The molecule has 4 nitrogen and oxygen atoms in total. The first-order valence-electron chi connectivity index (χ1n) is 6.05. The second kappa shape index (κ2) is 6.35. The van der Waals surface area contributed by atoms with E-state index in [1.807, 2.05) is 20.8 Å². The van der Waals surface area contributed by atoms with Crippen molar-refractivity contribution < 1.29 is 17.9 Å². The normalized spacial score (nSPS) is 11.8. The Balaban J connectivity index is 3.18. The Morgan fingerprint density at radius 2 is 2.00 bits per heavy atom. The molecule has 0 heterocycles. The van der Waals surface area contributed by atoms with Crippen LogP contribution in [0.4, 0.5) is 4.39 Å². The van der Waals surface area contributed by atoms with Crippen LogP contribution in [-0.2, 0) is 10.0 Å². The summed E-state index contributed by atoms with van der Waals surface area (Å²) in [6.07, 6.45) is 0. The van der Waals surface area contributed by atoms with E-state index < -0.39 is 22.4 Å². The average molecular weight is 299 g/mol. The minimum atomic E-state index is -3.77. The first-order chi connectivity index (χ1) is 9.15. The molecular formula is C14H18FNO3S. The Labute approximate surface area is 119 Å². The maximum Gasteiger partial charge on any atom is 0.241 e. The number of sulfonamides is 1. The predicted octanol–water partition coefficient (Wildman–Crippen LogP) is 1.49. The smallest absolute Gasteiger partial charge is 0.241 e. The van der Waals surface area contributed by atoms with E-state index in [0.29, 0.717) is 0 Å². The van der Waals surface area contributed by atoms with Crippen molar-refractivity contribution in [3.05, 3.63) is 29.6 Å². The molecular weight excluding hydrogens is 281 g/mol. The highest BCUT2D eigenvalue weighted by atomic mass is 32.2. The van der Waals surface area contributed by atoms with E-state index >= 15 is 0 Å². The summed E-state index contributed by atoms with van der Waals surface area (Å²) in [6.45, 7) is 5.51. The van der Waals surface area contributed by atoms with Crippen molar-refractivity contribution in [2.24, 2.45) is 5.41 Å². The zero-order valence-corrected chi connectivity index (χ0v) is 12.5. The fourth-order valence-electron chi connectivity index (χ4n) is 1.36. The molecule has 0 radical (unpaired) electrons. The number of nitrogens with one attached hydrogen (secondary N) is 1. The first-order valence-corrected chi connectivity index (χ1v) is 7.53. The van der Waals surface area contributed by atoms with Crippen LogP contribution in [0, 0.1) is 23.1 Å². The van der Waals surface area contributed by atoms with Gasteiger partial charge in [0, 0.05) is 12.1 Å². The SMILES string of the molecule is CC(C)(C)CNS(=O)(=O)c1ccc(F)cc1C#CCO. The van der Waals surface area contributed by atoms with Crippen molar-refractivity contribution in [2.45, 2.75) is 25.7 Å². The number of aliphatic hydroxyl groups is 1. The predicted molar refractivity (Wildman–Crippen MR) is 75.0 cm³/mol. The van der Waals surface area contributed by atoms with Crippen LogP contribution in [-0.4, -0.2) is 26.7 Å². The lowest BCUT2D eigenvalue weighted by Crippen LogP contribution is -2.32. The van der Waals surface area contributed by atoms with E-state index in [-0.39, 0.29) is 22.4 Å². The number of benzene rings is 1. The van der Waals surface area contributed by atoms with Gasteiger partial charge >= 0.3 is 0 Å². The molecule has 110 valence electrons. The van der Waals surface area contributed by atoms with Gasteiger partial charge in [0.15, 0.2) is 0 Å². The molecule has 1 rings (SSSR count). The van der Waals surface area contributed by atoms with E-state index in [9.17, 15) is 12.8 Å². The third-order valence-corrected chi connectivity index (χ3v) is 3.79. The standard InChI is InChI=1S/C14H18FNO3S/c1-14(2,3)10-16-20(18,19)13-7-6-12(15)9-11(13)5-4-8-17/h6-7,9,16-17H,8,10H2,1-3H3. The summed E-state index contributed by atoms with van der Waals surface area (Å²) in [6, 6.07) is 3.27. The summed E-state index contributed by atoms with van der Waals surface area (Å²) >= 11 is 0. The zero-order valence-electron chi connectivity index (χ0n) is 11.7. The highest BCUT2D eigenvalue weighted by molar-refractivity contribution is 7.89. The molecule has 0 atom stereocenters. The summed E-state index contributed by atoms with van der Waals surface area (Å²) in [5, 5.41) is 8.67. The van der Waals surface area contributed by atoms with Gasteiger partial charge in [0.2, 0.25) is 10.0 Å². The fourth-order valence-corrected chi connectivity index (χ4v) is 2.78. The van der Waals surface area contributed by atoms with Crippen molar-refractivity contribution >= 4 is 10.0 Å². The summed E-state index contributed by atoms with van der Waals surface area (Å²) < 4.78 is 40.1. The maximum atomic E-state index is 13.2. The van der Waals surface area contributed by atoms with Crippen LogP contribution in [0.1, 0.15) is 26.3 Å². The van der Waals surface area contributed by atoms with Crippen LogP contribution in [0.2, 0.25) is 0 Å². The molecule has 6 heteroatoms. The second-order valence-electron chi connectivity index (χ2n) is 5.49. The molecule has 0 unspecified atom stereocenters. The van der Waals surface area contributed by atoms with E-state index in [1.165, 1.54) is 6.07 Å². The minimum absolute atomic E-state index is 0.0282. The van der Waals surface area contributed by atoms with Gasteiger partial charge in [-0.25, -0.2) is 17.5 Å². The van der Waals surface area contributed by atoms with Crippen molar-refractivity contribution in [1.29, 1.82) is 0 Å². The number of aliphatic hydroxyl groups excluding tert-OH is 1. The van der Waals surface area contributed by atoms with Gasteiger partial charge < -0.3 is 5.11 Å². The van der Waals surface area contributed by atoms with E-state index in [0.717, 1.165) is 12.1 Å². The van der Waals surface area contributed by atoms with Gasteiger partial charge in [-0.1, -0.05) is 32.6 Å². The fraction of sp³-hybridized carbons (Fsp3) is 0.429. The van der Waals surface area contributed by atoms with Crippen LogP contribution in [0.5, 0.6) is 0 Å². The second-order valence-corrected chi connectivity index (χ2v) is 7.22. The highest BCUT2D eigenvalue weighted by Crippen LogP contribution is 2.18. The van der Waals surface area contributed by atoms with Crippen molar-refractivity contribution in [3.63, 3.8) is 0 Å². The van der Waals surface area contributed by atoms with Gasteiger partial charge in [-0.2, -0.15) is 0 Å². The largest absolute Gasteiger partial charge is 0.384 e. The highest BCUT2D eigenvalue weighted by Gasteiger charge is 2.21. The van der Waals surface area contributed by atoms with Gasteiger partial charge in [0.1, 0.15) is 12.4 Å². The summed E-state index contributed by atoms with van der Waals surface area (Å²) in [4.78, 5) is -0.0934. The molecule has 1 aromatic rings. The van der Waals surface area contributed by atoms with Crippen LogP contribution in [0.25, 0.3) is 0 Å². The van der Waals surface area contributed by atoms with Crippen LogP contribution in [0.3, 0.4) is 0 Å². The Morgan fingerprint density at radius 1 is 1.35 bits per heavy atom. The van der Waals surface area contributed by atoms with Gasteiger partial charge in [-0.05, 0) is 23.6 Å². The van der Waals surface area contributed by atoms with E-state index in [2.05, 4.69) is 16.6 Å². The molecule has 0 spiro atoms. The van der Waals surface area contributed by atoms with Crippen molar-refractivity contribution in [1.82, 2.24) is 4.72 Å². The summed E-state index contributed by atoms with van der Waals surface area (Å²) in [5.74, 6) is 4.19. The number of halogens is 1. The molecule has 0 saturated carbocycles. The van der Waals surface area contributed by atoms with Crippen molar-refractivity contribution in [2.75, 3.05) is 13.2 Å². The van der Waals surface area contributed by atoms with Gasteiger partial charge in [0.25, 0.3) is 0 Å². The third-order valence-electron chi connectivity index (χ3n) is 2.33. The average Bonchev–Trinajstić information content (AvgIpc) is 2.33. The molecule has 20 heavy (non-hydrogen) atoms. The third kappa shape index (κ3) is 4.93. The minimum Gasteiger partial charge on any atom is -0.384 e. The molecule has 0 bridgehead atoms. The lowest BCUT2D eigenvalue weighted by molar-refractivity contribution is 0.350. The number of hydrogen-bond acceptors (Lipinski definition) is 3. The first kappa shape index (κ1) is 16.6. The Bertz CT molecular complexity index is 637. The molecule has 1 aromatic carbocycles. The topological polar surface area (TPSA) is 66.4 Å². The lowest BCUT2D eigenvalue weighted by Gasteiger charge is -2.19. The zero-order chi connectivity index (χ0) is 15.4. The van der Waals surface area contributed by atoms with Gasteiger partial charge in [-0.3, -0.25) is 0 Å². The van der Waals surface area contributed by atoms with Crippen LogP contribution >= 0.6 is 0 Å². The number of hydrogen-bond donors (Lipinski definition) is 2. The van der Waals surface area contributed by atoms with Crippen LogP contribution < -0.4 is 4.72 Å². The molecule has 0 amide bonds. The molecule has 0 saturated heterocycles. The monoisotopic (exact) mass is 299 g/mol. The Kier molecular flexibility index (Phi) is 5.28.